The van der Waals surface area contributed by atoms with Crippen LogP contribution in [0.1, 0.15) is 94.7 Å². The van der Waals surface area contributed by atoms with E-state index in [1.807, 2.05) is 109 Å². The van der Waals surface area contributed by atoms with Crippen LogP contribution < -0.4 is 0 Å². The Kier molecular flexibility index (Phi) is 19.8. The second-order valence-electron chi connectivity index (χ2n) is 20.1. The zero-order valence-corrected chi connectivity index (χ0v) is 44.4. The maximum absolute atomic E-state index is 14.3. The normalized spacial score (nSPS) is 14.8. The molecule has 15 heteroatoms. The van der Waals surface area contributed by atoms with Gasteiger partial charge in [0.25, 0.3) is 0 Å². The van der Waals surface area contributed by atoms with Crippen LogP contribution in [0.4, 0.5) is 26.3 Å². The van der Waals surface area contributed by atoms with Crippen molar-refractivity contribution in [2.75, 3.05) is 0 Å². The highest BCUT2D eigenvalue weighted by molar-refractivity contribution is 5.96. The second-order valence-corrected chi connectivity index (χ2v) is 20.1. The molecule has 0 saturated heterocycles. The van der Waals surface area contributed by atoms with Crippen LogP contribution in [0, 0.1) is 11.8 Å². The maximum atomic E-state index is 14.3. The molecule has 9 nitrogen and oxygen atoms in total. The Morgan fingerprint density at radius 1 is 0.383 bits per heavy atom. The Morgan fingerprint density at radius 2 is 0.704 bits per heavy atom. The molecule has 0 radical (unpaired) electrons. The Bertz CT molecular complexity index is 3120. The van der Waals surface area contributed by atoms with Gasteiger partial charge in [-0.25, -0.2) is 19.2 Å². The first-order chi connectivity index (χ1) is 38.9. The van der Waals surface area contributed by atoms with Crippen LogP contribution in [0.2, 0.25) is 0 Å². The number of alkyl halides is 6. The fourth-order valence-electron chi connectivity index (χ4n) is 10.1. The summed E-state index contributed by atoms with van der Waals surface area (Å²) in [5, 5.41) is 3.21. The van der Waals surface area contributed by atoms with Gasteiger partial charge in [-0.2, -0.15) is 26.3 Å². The molecule has 8 atom stereocenters. The molecule has 0 saturated carbocycles. The fraction of sp³-hybridized carbons (Fsp3) is 0.273. The molecule has 8 aromatic carbocycles. The lowest BCUT2D eigenvalue weighted by atomic mass is 9.88. The molecule has 81 heavy (non-hydrogen) atoms. The van der Waals surface area contributed by atoms with Gasteiger partial charge in [-0.05, 0) is 107 Å². The van der Waals surface area contributed by atoms with Crippen LogP contribution in [0.5, 0.6) is 0 Å². The molecule has 0 aliphatic heterocycles. The van der Waals surface area contributed by atoms with Gasteiger partial charge in [-0.15, -0.1) is 0 Å². The molecule has 420 valence electrons. The summed E-state index contributed by atoms with van der Waals surface area (Å²) in [4.78, 5) is 53.8. The maximum Gasteiger partial charge on any atom is 0.490 e. The third kappa shape index (κ3) is 16.4. The Labute approximate surface area is 465 Å². The highest BCUT2D eigenvalue weighted by atomic mass is 19.4. The number of hydrogen-bond acceptors (Lipinski definition) is 9. The van der Waals surface area contributed by atoms with Gasteiger partial charge in [-0.1, -0.05) is 196 Å². The fourth-order valence-corrected chi connectivity index (χ4v) is 10.1. The highest BCUT2D eigenvalue weighted by Gasteiger charge is 2.46. The summed E-state index contributed by atoms with van der Waals surface area (Å²) in [6, 6.07) is 59.3. The van der Waals surface area contributed by atoms with Crippen LogP contribution in [-0.4, -0.2) is 60.6 Å². The van der Waals surface area contributed by atoms with Gasteiger partial charge >= 0.3 is 36.2 Å². The summed E-state index contributed by atoms with van der Waals surface area (Å²) >= 11 is 0. The van der Waals surface area contributed by atoms with Gasteiger partial charge in [-0.3, -0.25) is 0 Å². The van der Waals surface area contributed by atoms with E-state index >= 15 is 0 Å². The minimum absolute atomic E-state index is 0.00466. The number of hydrogen-bond donors (Lipinski definition) is 0. The third-order valence-corrected chi connectivity index (χ3v) is 14.3. The van der Waals surface area contributed by atoms with E-state index in [1.165, 1.54) is 24.3 Å². The molecule has 0 aromatic heterocycles. The van der Waals surface area contributed by atoms with Crippen LogP contribution in [0.15, 0.2) is 206 Å². The van der Waals surface area contributed by atoms with Crippen molar-refractivity contribution in [3.05, 3.63) is 240 Å². The van der Waals surface area contributed by atoms with Gasteiger partial charge in [0.15, 0.2) is 0 Å². The van der Waals surface area contributed by atoms with E-state index in [1.54, 1.807) is 86.6 Å². The smallest absolute Gasteiger partial charge is 0.458 e. The number of fused-ring (bicyclic) bond motifs is 2. The zero-order valence-electron chi connectivity index (χ0n) is 44.4. The van der Waals surface area contributed by atoms with E-state index in [9.17, 15) is 45.5 Å². The summed E-state index contributed by atoms with van der Waals surface area (Å²) in [7, 11) is 0. The van der Waals surface area contributed by atoms with Gasteiger partial charge in [0, 0.05) is 11.8 Å². The summed E-state index contributed by atoms with van der Waals surface area (Å²) < 4.78 is 114. The third-order valence-electron chi connectivity index (χ3n) is 14.3. The van der Waals surface area contributed by atoms with Gasteiger partial charge in [0.05, 0.1) is 23.3 Å². The average molecular weight is 1110 g/mol. The minimum Gasteiger partial charge on any atom is -0.458 e. The molecule has 8 aromatic rings. The van der Waals surface area contributed by atoms with Crippen LogP contribution in [0.25, 0.3) is 21.5 Å². The number of carbonyl (C=O) groups excluding carboxylic acids is 4. The first kappa shape index (κ1) is 58.8. The number of esters is 4. The van der Waals surface area contributed by atoms with Crippen molar-refractivity contribution in [2.45, 2.75) is 101 Å². The minimum atomic E-state index is -5.34. The van der Waals surface area contributed by atoms with Crippen LogP contribution in [-0.2, 0) is 46.1 Å². The predicted octanol–water partition coefficient (Wildman–Crippen LogP) is 15.5. The Balaban J connectivity index is 1.14. The molecular formula is C66H60F6O9. The lowest BCUT2D eigenvalue weighted by molar-refractivity contribution is -0.209. The highest BCUT2D eigenvalue weighted by Crippen LogP contribution is 2.38. The first-order valence-electron chi connectivity index (χ1n) is 26.7. The Hall–Kier alpha value is -8.30. The topological polar surface area (TPSA) is 114 Å². The lowest BCUT2D eigenvalue weighted by Gasteiger charge is -2.34. The summed E-state index contributed by atoms with van der Waals surface area (Å²) in [6.07, 6.45) is -16.7. The van der Waals surface area contributed by atoms with Gasteiger partial charge in [0.2, 0.25) is 0 Å². The van der Waals surface area contributed by atoms with Crippen molar-refractivity contribution >= 4 is 45.4 Å². The molecule has 0 spiro atoms. The van der Waals surface area contributed by atoms with E-state index in [-0.39, 0.29) is 60.8 Å². The summed E-state index contributed by atoms with van der Waals surface area (Å²) in [5.74, 6) is -8.49. The van der Waals surface area contributed by atoms with Crippen LogP contribution in [0.3, 0.4) is 0 Å². The van der Waals surface area contributed by atoms with E-state index < -0.39 is 84.7 Å². The molecule has 0 bridgehead atoms. The van der Waals surface area contributed by atoms with E-state index in [2.05, 4.69) is 0 Å². The van der Waals surface area contributed by atoms with Crippen molar-refractivity contribution < 1.29 is 69.2 Å². The molecule has 0 N–H and O–H groups in total. The monoisotopic (exact) mass is 1110 g/mol. The predicted molar refractivity (Wildman–Crippen MR) is 295 cm³/mol. The molecule has 0 aliphatic carbocycles. The quantitative estimate of drug-likeness (QED) is 0.0331. The van der Waals surface area contributed by atoms with Crippen LogP contribution >= 0.6 is 0 Å². The van der Waals surface area contributed by atoms with Crippen molar-refractivity contribution in [1.29, 1.82) is 0 Å². The summed E-state index contributed by atoms with van der Waals surface area (Å²) in [6.45, 7) is 3.11. The largest absolute Gasteiger partial charge is 0.490 e. The SMILES string of the molecule is CC(C(CCC(Cc1ccccc1)OC(CCC(OC(=O)c1ccc2ccccc2c1)C(C)C(OC(=O)C(F)(F)F)c1ccccc1)Cc1ccccc1)OC(=O)c1ccc2ccccc2c1)C(OC(=O)C(F)(F)F)c1ccccc1. The zero-order chi connectivity index (χ0) is 57.5. The standard InChI is InChI=1S/C66H60F6O9/c1-43(59(49-25-11-5-12-26-49)80-63(75)65(67,68)69)57(78-61(73)53-33-31-47-23-15-17-29-51(47)41-53)37-35-55(39-45-19-7-3-8-20-45)77-56(40-46-21-9-4-10-22-46)36-38-58(79-62(74)54-34-32-48-24-16-18-30-52(48)42-54)44(2)60(50-27-13-6-14-28-50)81-64(76)66(70,71)72/h3-34,41-44,55-60H,35-40H2,1-2H3. The molecule has 0 heterocycles. The van der Waals surface area contributed by atoms with Crippen molar-refractivity contribution in [1.82, 2.24) is 0 Å². The van der Waals surface area contributed by atoms with Crippen molar-refractivity contribution in [2.24, 2.45) is 11.8 Å². The number of benzene rings is 8. The molecule has 0 fully saturated rings. The number of halogens is 6. The second kappa shape index (κ2) is 27.2. The van der Waals surface area contributed by atoms with E-state index in [0.29, 0.717) is 0 Å². The van der Waals surface area contributed by atoms with E-state index in [0.717, 1.165) is 32.7 Å². The molecular weight excluding hydrogens is 1050 g/mol. The number of ether oxygens (including phenoxy) is 5. The molecule has 8 rings (SSSR count). The molecule has 8 unspecified atom stereocenters. The number of rotatable bonds is 24. The van der Waals surface area contributed by atoms with Gasteiger partial charge < -0.3 is 23.7 Å². The summed E-state index contributed by atoms with van der Waals surface area (Å²) in [5.41, 5.74) is 2.55. The Morgan fingerprint density at radius 3 is 1.05 bits per heavy atom. The van der Waals surface area contributed by atoms with E-state index in [4.69, 9.17) is 23.7 Å². The van der Waals surface area contributed by atoms with Crippen molar-refractivity contribution in [3.63, 3.8) is 0 Å². The first-order valence-corrected chi connectivity index (χ1v) is 26.7. The number of carbonyl (C=O) groups is 4. The van der Waals surface area contributed by atoms with Gasteiger partial charge in [0.1, 0.15) is 24.4 Å². The average Bonchev–Trinajstić information content (AvgIpc) is 3.50. The van der Waals surface area contributed by atoms with Crippen molar-refractivity contribution in [3.8, 4) is 0 Å². The molecule has 0 aliphatic rings. The lowest BCUT2D eigenvalue weighted by Crippen LogP contribution is -2.37. The molecule has 0 amide bonds.